The summed E-state index contributed by atoms with van der Waals surface area (Å²) in [5, 5.41) is 5.48. The van der Waals surface area contributed by atoms with Crippen molar-refractivity contribution >= 4 is 80.8 Å². The SMILES string of the molecule is O=C(NCc1cnc(Cl)s1)n1c2c(c3c(Cl)c(Cl)ccc31)CN(C/C=C/c1ccc(Cl)cc1)CC2. The van der Waals surface area contributed by atoms with Gasteiger partial charge in [0.2, 0.25) is 0 Å². The summed E-state index contributed by atoms with van der Waals surface area (Å²) in [6.45, 7) is 2.60. The first kappa shape index (κ1) is 24.6. The fraction of sp³-hybridized carbons (Fsp3) is 0.200. The first-order chi connectivity index (χ1) is 16.9. The molecule has 1 aliphatic rings. The van der Waals surface area contributed by atoms with Gasteiger partial charge in [-0.1, -0.05) is 70.7 Å². The molecule has 2 aromatic heterocycles. The predicted octanol–water partition coefficient (Wildman–Crippen LogP) is 7.54. The van der Waals surface area contributed by atoms with Crippen LogP contribution in [-0.4, -0.2) is 33.6 Å². The molecule has 0 saturated carbocycles. The molecule has 0 spiro atoms. The zero-order valence-electron chi connectivity index (χ0n) is 18.4. The van der Waals surface area contributed by atoms with Gasteiger partial charge in [-0.3, -0.25) is 9.47 Å². The Morgan fingerprint density at radius 2 is 1.91 bits per heavy atom. The van der Waals surface area contributed by atoms with Gasteiger partial charge in [-0.15, -0.1) is 11.3 Å². The van der Waals surface area contributed by atoms with E-state index in [4.69, 9.17) is 46.4 Å². The van der Waals surface area contributed by atoms with Crippen molar-refractivity contribution in [3.8, 4) is 0 Å². The first-order valence-corrected chi connectivity index (χ1v) is 13.3. The van der Waals surface area contributed by atoms with Crippen LogP contribution in [0, 0.1) is 0 Å². The first-order valence-electron chi connectivity index (χ1n) is 10.9. The minimum absolute atomic E-state index is 0.213. The van der Waals surface area contributed by atoms with Crippen LogP contribution in [0.3, 0.4) is 0 Å². The zero-order valence-corrected chi connectivity index (χ0v) is 22.2. The van der Waals surface area contributed by atoms with Crippen molar-refractivity contribution in [2.75, 3.05) is 13.1 Å². The van der Waals surface area contributed by atoms with Gasteiger partial charge in [-0.05, 0) is 35.4 Å². The Balaban J connectivity index is 1.41. The molecule has 35 heavy (non-hydrogen) atoms. The van der Waals surface area contributed by atoms with E-state index in [-0.39, 0.29) is 6.03 Å². The van der Waals surface area contributed by atoms with Gasteiger partial charge in [0.1, 0.15) is 0 Å². The lowest BCUT2D eigenvalue weighted by atomic mass is 10.0. The second kappa shape index (κ2) is 10.5. The molecule has 0 bridgehead atoms. The van der Waals surface area contributed by atoms with E-state index in [1.54, 1.807) is 16.8 Å². The van der Waals surface area contributed by atoms with Crippen LogP contribution in [0.5, 0.6) is 0 Å². The number of hydrogen-bond donors (Lipinski definition) is 1. The van der Waals surface area contributed by atoms with Gasteiger partial charge < -0.3 is 5.32 Å². The van der Waals surface area contributed by atoms with Gasteiger partial charge in [-0.25, -0.2) is 9.78 Å². The van der Waals surface area contributed by atoms with Crippen LogP contribution in [0.1, 0.15) is 21.7 Å². The molecule has 0 fully saturated rings. The van der Waals surface area contributed by atoms with Gasteiger partial charge in [0.25, 0.3) is 0 Å². The number of nitrogens with zero attached hydrogens (tertiary/aromatic N) is 3. The molecule has 0 radical (unpaired) electrons. The molecule has 10 heteroatoms. The highest BCUT2D eigenvalue weighted by atomic mass is 35.5. The molecule has 5 nitrogen and oxygen atoms in total. The van der Waals surface area contributed by atoms with Crippen LogP contribution in [0.4, 0.5) is 4.79 Å². The predicted molar refractivity (Wildman–Crippen MR) is 146 cm³/mol. The summed E-state index contributed by atoms with van der Waals surface area (Å²) in [7, 11) is 0. The van der Waals surface area contributed by atoms with Gasteiger partial charge in [0.05, 0.1) is 22.1 Å². The van der Waals surface area contributed by atoms with Crippen molar-refractivity contribution < 1.29 is 4.79 Å². The maximum Gasteiger partial charge on any atom is 0.326 e. The van der Waals surface area contributed by atoms with Gasteiger partial charge in [0, 0.05) is 53.2 Å². The zero-order chi connectivity index (χ0) is 24.5. The third kappa shape index (κ3) is 5.24. The van der Waals surface area contributed by atoms with Crippen molar-refractivity contribution in [2.24, 2.45) is 0 Å². The van der Waals surface area contributed by atoms with Crippen LogP contribution in [0.2, 0.25) is 19.5 Å². The summed E-state index contributed by atoms with van der Waals surface area (Å²) in [6.07, 6.45) is 6.60. The van der Waals surface area contributed by atoms with Gasteiger partial charge >= 0.3 is 6.03 Å². The molecule has 0 atom stereocenters. The standard InChI is InChI=1S/C25H20Cl4N4OS/c26-16-5-3-15(4-6-16)2-1-10-32-11-9-20-18(14-32)22-21(8-7-19(27)23(22)28)33(20)25(34)31-13-17-12-30-24(29)35-17/h1-8,12H,9-11,13-14H2,(H,31,34)/b2-1+. The summed E-state index contributed by atoms with van der Waals surface area (Å²) in [5.41, 5.74) is 3.84. The van der Waals surface area contributed by atoms with Crippen LogP contribution in [-0.2, 0) is 19.5 Å². The number of benzene rings is 2. The molecule has 1 aliphatic heterocycles. The number of rotatable bonds is 5. The Labute approximate surface area is 226 Å². The number of fused-ring (bicyclic) bond motifs is 3. The van der Waals surface area contributed by atoms with Crippen molar-refractivity contribution in [1.82, 2.24) is 19.8 Å². The molecular formula is C25H20Cl4N4OS. The molecule has 0 unspecified atom stereocenters. The Morgan fingerprint density at radius 3 is 2.66 bits per heavy atom. The second-order valence-electron chi connectivity index (χ2n) is 8.19. The molecule has 180 valence electrons. The number of aromatic nitrogens is 2. The normalized spacial score (nSPS) is 14.1. The number of nitrogens with one attached hydrogen (secondary N) is 1. The highest BCUT2D eigenvalue weighted by molar-refractivity contribution is 7.15. The van der Waals surface area contributed by atoms with E-state index in [1.165, 1.54) is 11.3 Å². The van der Waals surface area contributed by atoms with Crippen LogP contribution >= 0.6 is 57.7 Å². The van der Waals surface area contributed by atoms with Gasteiger partial charge in [0.15, 0.2) is 4.47 Å². The Bertz CT molecular complexity index is 1430. The monoisotopic (exact) mass is 564 g/mol. The fourth-order valence-corrected chi connectivity index (χ4v) is 5.82. The minimum Gasteiger partial charge on any atom is -0.332 e. The molecule has 1 amide bonds. The highest BCUT2D eigenvalue weighted by Crippen LogP contribution is 2.39. The average molecular weight is 566 g/mol. The maximum absolute atomic E-state index is 13.3. The number of halogens is 4. The van der Waals surface area contributed by atoms with Crippen LogP contribution < -0.4 is 5.32 Å². The van der Waals surface area contributed by atoms with E-state index in [2.05, 4.69) is 27.4 Å². The summed E-state index contributed by atoms with van der Waals surface area (Å²) < 4.78 is 2.18. The number of carbonyl (C=O) groups is 1. The van der Waals surface area contributed by atoms with Crippen LogP contribution in [0.25, 0.3) is 17.0 Å². The Morgan fingerprint density at radius 1 is 1.11 bits per heavy atom. The van der Waals surface area contributed by atoms with Crippen molar-refractivity contribution in [2.45, 2.75) is 19.5 Å². The van der Waals surface area contributed by atoms with Gasteiger partial charge in [-0.2, -0.15) is 0 Å². The third-order valence-corrected chi connectivity index (χ3v) is 8.14. The number of amides is 1. The van der Waals surface area contributed by atoms with E-state index in [9.17, 15) is 4.79 Å². The van der Waals surface area contributed by atoms with E-state index in [1.807, 2.05) is 30.3 Å². The average Bonchev–Trinajstić information content (AvgIpc) is 3.42. The molecule has 0 saturated heterocycles. The summed E-state index contributed by atoms with van der Waals surface area (Å²) in [4.78, 5) is 20.5. The molecule has 3 heterocycles. The lowest BCUT2D eigenvalue weighted by molar-refractivity contribution is 0.240. The minimum atomic E-state index is -0.213. The topological polar surface area (TPSA) is 50.2 Å². The lowest BCUT2D eigenvalue weighted by Gasteiger charge is -2.27. The fourth-order valence-electron chi connectivity index (χ4n) is 4.34. The molecule has 5 rings (SSSR count). The molecular weight excluding hydrogens is 546 g/mol. The number of thiazole rings is 1. The van der Waals surface area contributed by atoms with E-state index in [0.717, 1.165) is 50.7 Å². The number of carbonyl (C=O) groups excluding carboxylic acids is 1. The summed E-state index contributed by atoms with van der Waals surface area (Å²) in [6, 6.07) is 11.1. The lowest BCUT2D eigenvalue weighted by Crippen LogP contribution is -2.34. The largest absolute Gasteiger partial charge is 0.332 e. The van der Waals surface area contributed by atoms with Crippen molar-refractivity contribution in [3.05, 3.63) is 89.9 Å². The smallest absolute Gasteiger partial charge is 0.326 e. The Hall–Kier alpha value is -2.06. The third-order valence-electron chi connectivity index (χ3n) is 5.97. The molecule has 2 aromatic carbocycles. The molecule has 4 aromatic rings. The van der Waals surface area contributed by atoms with Crippen molar-refractivity contribution in [1.29, 1.82) is 0 Å². The second-order valence-corrected chi connectivity index (χ2v) is 11.1. The molecule has 1 N–H and O–H groups in total. The van der Waals surface area contributed by atoms with E-state index >= 15 is 0 Å². The summed E-state index contributed by atoms with van der Waals surface area (Å²) >= 11 is 26.3. The quantitative estimate of drug-likeness (QED) is 0.272. The van der Waals surface area contributed by atoms with E-state index in [0.29, 0.717) is 34.0 Å². The van der Waals surface area contributed by atoms with Crippen molar-refractivity contribution in [3.63, 3.8) is 0 Å². The highest BCUT2D eigenvalue weighted by Gasteiger charge is 2.28. The summed E-state index contributed by atoms with van der Waals surface area (Å²) in [5.74, 6) is 0. The number of hydrogen-bond acceptors (Lipinski definition) is 4. The maximum atomic E-state index is 13.3. The van der Waals surface area contributed by atoms with Crippen LogP contribution in [0.15, 0.2) is 48.7 Å². The van der Waals surface area contributed by atoms with E-state index < -0.39 is 0 Å². The Kier molecular flexibility index (Phi) is 7.39. The molecule has 0 aliphatic carbocycles.